The molecule has 1 aromatic heterocycles. The fraction of sp³-hybridized carbons (Fsp3) is 0.286. The summed E-state index contributed by atoms with van der Waals surface area (Å²) in [5, 5.41) is 4.36. The number of thiophene rings is 1. The van der Waals surface area contributed by atoms with Gasteiger partial charge in [0, 0.05) is 0 Å². The number of aryl methyl sites for hydroxylation is 1. The Morgan fingerprint density at radius 1 is 1.25 bits per heavy atom. The molecule has 2 rings (SSSR count). The molecule has 0 saturated heterocycles. The van der Waals surface area contributed by atoms with Crippen molar-refractivity contribution in [2.24, 2.45) is 0 Å². The molecule has 1 aromatic carbocycles. The Bertz CT molecular complexity index is 434. The van der Waals surface area contributed by atoms with Gasteiger partial charge in [0.25, 0.3) is 0 Å². The Kier molecular flexibility index (Phi) is 4.03. The lowest BCUT2D eigenvalue weighted by molar-refractivity contribution is 0.899. The minimum atomic E-state index is 0.0887. The van der Waals surface area contributed by atoms with Gasteiger partial charge in [-0.3, -0.25) is 0 Å². The Morgan fingerprint density at radius 3 is 2.75 bits per heavy atom. The zero-order chi connectivity index (χ0) is 11.4. The Labute approximate surface area is 106 Å². The van der Waals surface area contributed by atoms with Gasteiger partial charge < -0.3 is 0 Å². The van der Waals surface area contributed by atoms with E-state index < -0.39 is 0 Å². The molecular weight excluding hydrogens is 236 g/mol. The van der Waals surface area contributed by atoms with Crippen LogP contribution in [0.2, 0.25) is 0 Å². The van der Waals surface area contributed by atoms with Crippen LogP contribution in [-0.2, 0) is 12.8 Å². The van der Waals surface area contributed by atoms with Crippen LogP contribution < -0.4 is 0 Å². The third kappa shape index (κ3) is 2.66. The van der Waals surface area contributed by atoms with Gasteiger partial charge in [0.05, 0.1) is 5.38 Å². The van der Waals surface area contributed by atoms with Gasteiger partial charge in [0.2, 0.25) is 0 Å². The van der Waals surface area contributed by atoms with Gasteiger partial charge in [-0.2, -0.15) is 11.3 Å². The molecule has 0 radical (unpaired) electrons. The van der Waals surface area contributed by atoms with E-state index in [1.165, 1.54) is 16.7 Å². The van der Waals surface area contributed by atoms with Gasteiger partial charge in [-0.15, -0.1) is 11.6 Å². The molecule has 0 amide bonds. The van der Waals surface area contributed by atoms with Crippen LogP contribution in [0.15, 0.2) is 41.1 Å². The van der Waals surface area contributed by atoms with Crippen molar-refractivity contribution in [2.75, 3.05) is 0 Å². The van der Waals surface area contributed by atoms with E-state index in [-0.39, 0.29) is 5.38 Å². The summed E-state index contributed by atoms with van der Waals surface area (Å²) < 4.78 is 0. The second-order valence-corrected chi connectivity index (χ2v) is 5.16. The number of halogens is 1. The van der Waals surface area contributed by atoms with E-state index in [9.17, 15) is 0 Å². The molecule has 0 saturated carbocycles. The molecule has 0 aliphatic heterocycles. The first-order valence-electron chi connectivity index (χ1n) is 5.54. The van der Waals surface area contributed by atoms with Crippen molar-refractivity contribution < 1.29 is 0 Å². The van der Waals surface area contributed by atoms with E-state index in [1.54, 1.807) is 11.3 Å². The first kappa shape index (κ1) is 11.7. The summed E-state index contributed by atoms with van der Waals surface area (Å²) >= 11 is 8.21. The highest BCUT2D eigenvalue weighted by atomic mass is 35.5. The molecule has 0 aliphatic rings. The lowest BCUT2D eigenvalue weighted by Gasteiger charge is -2.13. The maximum Gasteiger partial charge on any atom is 0.0628 e. The number of alkyl halides is 1. The summed E-state index contributed by atoms with van der Waals surface area (Å²) in [4.78, 5) is 0. The minimum absolute atomic E-state index is 0.0887. The molecule has 0 aliphatic carbocycles. The second kappa shape index (κ2) is 5.51. The van der Waals surface area contributed by atoms with Crippen molar-refractivity contribution in [3.8, 4) is 0 Å². The molecule has 2 aromatic rings. The van der Waals surface area contributed by atoms with Gasteiger partial charge in [-0.05, 0) is 46.4 Å². The monoisotopic (exact) mass is 250 g/mol. The Morgan fingerprint density at radius 2 is 2.06 bits per heavy atom. The van der Waals surface area contributed by atoms with Crippen LogP contribution in [0.5, 0.6) is 0 Å². The normalized spacial score (nSPS) is 12.6. The summed E-state index contributed by atoms with van der Waals surface area (Å²) in [6, 6.07) is 10.6. The molecule has 0 bridgehead atoms. The predicted molar refractivity (Wildman–Crippen MR) is 72.4 cm³/mol. The fourth-order valence-electron chi connectivity index (χ4n) is 1.89. The highest BCUT2D eigenvalue weighted by molar-refractivity contribution is 7.07. The summed E-state index contributed by atoms with van der Waals surface area (Å²) in [6.07, 6.45) is 1.96. The highest BCUT2D eigenvalue weighted by Crippen LogP contribution is 2.28. The van der Waals surface area contributed by atoms with E-state index in [2.05, 4.69) is 48.0 Å². The minimum Gasteiger partial charge on any atom is -0.152 e. The van der Waals surface area contributed by atoms with Gasteiger partial charge >= 0.3 is 0 Å². The third-order valence-corrected chi connectivity index (χ3v) is 3.89. The number of hydrogen-bond donors (Lipinski definition) is 0. The van der Waals surface area contributed by atoms with Crippen molar-refractivity contribution in [2.45, 2.75) is 25.1 Å². The van der Waals surface area contributed by atoms with Crippen LogP contribution in [0, 0.1) is 0 Å². The molecule has 0 spiro atoms. The topological polar surface area (TPSA) is 0 Å². The van der Waals surface area contributed by atoms with E-state index in [4.69, 9.17) is 11.6 Å². The molecule has 1 heterocycles. The smallest absolute Gasteiger partial charge is 0.0628 e. The number of benzene rings is 1. The lowest BCUT2D eigenvalue weighted by atomic mass is 9.99. The SMILES string of the molecule is CCc1ccccc1C(Cl)Cc1ccsc1. The van der Waals surface area contributed by atoms with E-state index >= 15 is 0 Å². The number of rotatable bonds is 4. The van der Waals surface area contributed by atoms with E-state index in [0.717, 1.165) is 12.8 Å². The molecule has 2 heteroatoms. The van der Waals surface area contributed by atoms with Crippen molar-refractivity contribution in [3.63, 3.8) is 0 Å². The van der Waals surface area contributed by atoms with Crippen LogP contribution >= 0.6 is 22.9 Å². The molecule has 84 valence electrons. The molecule has 1 unspecified atom stereocenters. The average molecular weight is 251 g/mol. The average Bonchev–Trinajstić information content (AvgIpc) is 2.81. The summed E-state index contributed by atoms with van der Waals surface area (Å²) in [6.45, 7) is 2.17. The summed E-state index contributed by atoms with van der Waals surface area (Å²) in [5.41, 5.74) is 3.96. The number of hydrogen-bond acceptors (Lipinski definition) is 1. The molecule has 0 fully saturated rings. The van der Waals surface area contributed by atoms with Gasteiger partial charge in [0.1, 0.15) is 0 Å². The molecule has 0 nitrogen and oxygen atoms in total. The molecule has 0 N–H and O–H groups in total. The van der Waals surface area contributed by atoms with E-state index in [1.807, 2.05) is 0 Å². The first-order chi connectivity index (χ1) is 7.81. The van der Waals surface area contributed by atoms with Gasteiger partial charge in [-0.25, -0.2) is 0 Å². The second-order valence-electron chi connectivity index (χ2n) is 3.86. The molecular formula is C14H15ClS. The lowest BCUT2D eigenvalue weighted by Crippen LogP contribution is -1.99. The first-order valence-corrected chi connectivity index (χ1v) is 6.92. The third-order valence-electron chi connectivity index (χ3n) is 2.77. The van der Waals surface area contributed by atoms with Crippen molar-refractivity contribution >= 4 is 22.9 Å². The predicted octanol–water partition coefficient (Wildman–Crippen LogP) is 4.83. The van der Waals surface area contributed by atoms with Crippen LogP contribution in [0.4, 0.5) is 0 Å². The maximum atomic E-state index is 6.49. The fourth-order valence-corrected chi connectivity index (χ4v) is 2.96. The van der Waals surface area contributed by atoms with Crippen LogP contribution in [0.3, 0.4) is 0 Å². The largest absolute Gasteiger partial charge is 0.152 e. The van der Waals surface area contributed by atoms with Crippen molar-refractivity contribution in [3.05, 3.63) is 57.8 Å². The van der Waals surface area contributed by atoms with Gasteiger partial charge in [0.15, 0.2) is 0 Å². The standard InChI is InChI=1S/C14H15ClS/c1-2-12-5-3-4-6-13(12)14(15)9-11-7-8-16-10-11/h3-8,10,14H,2,9H2,1H3. The molecule has 16 heavy (non-hydrogen) atoms. The Balaban J connectivity index is 2.17. The van der Waals surface area contributed by atoms with Crippen LogP contribution in [-0.4, -0.2) is 0 Å². The quantitative estimate of drug-likeness (QED) is 0.682. The maximum absolute atomic E-state index is 6.49. The van der Waals surface area contributed by atoms with Crippen molar-refractivity contribution in [1.29, 1.82) is 0 Å². The highest BCUT2D eigenvalue weighted by Gasteiger charge is 2.12. The van der Waals surface area contributed by atoms with Gasteiger partial charge in [-0.1, -0.05) is 31.2 Å². The Hall–Kier alpha value is -0.790. The molecule has 1 atom stereocenters. The zero-order valence-corrected chi connectivity index (χ0v) is 10.9. The van der Waals surface area contributed by atoms with Crippen LogP contribution in [0.1, 0.15) is 29.0 Å². The van der Waals surface area contributed by atoms with Crippen molar-refractivity contribution in [1.82, 2.24) is 0 Å². The summed E-state index contributed by atoms with van der Waals surface area (Å²) in [7, 11) is 0. The summed E-state index contributed by atoms with van der Waals surface area (Å²) in [5.74, 6) is 0. The zero-order valence-electron chi connectivity index (χ0n) is 9.32. The van der Waals surface area contributed by atoms with Crippen LogP contribution in [0.25, 0.3) is 0 Å². The van der Waals surface area contributed by atoms with E-state index in [0.29, 0.717) is 0 Å².